The summed E-state index contributed by atoms with van der Waals surface area (Å²) in [6.07, 6.45) is 2.45. The number of nitrogens with one attached hydrogen (secondary N) is 2. The van der Waals surface area contributed by atoms with Crippen molar-refractivity contribution in [1.29, 1.82) is 0 Å². The van der Waals surface area contributed by atoms with Gasteiger partial charge in [-0.05, 0) is 31.0 Å². The van der Waals surface area contributed by atoms with Gasteiger partial charge in [-0.3, -0.25) is 4.79 Å². The third-order valence-corrected chi connectivity index (χ3v) is 4.95. The SMILES string of the molecule is CC(CC1CNC(=O)c2cc(-c3ccnc(N)n3)[nH]c21)OCc1ccccc1. The van der Waals surface area contributed by atoms with Gasteiger partial charge in [-0.2, -0.15) is 0 Å². The van der Waals surface area contributed by atoms with Gasteiger partial charge in [-0.1, -0.05) is 30.3 Å². The highest BCUT2D eigenvalue weighted by molar-refractivity contribution is 5.98. The zero-order valence-electron chi connectivity index (χ0n) is 15.7. The van der Waals surface area contributed by atoms with Crippen LogP contribution in [-0.4, -0.2) is 33.5 Å². The van der Waals surface area contributed by atoms with E-state index in [2.05, 4.69) is 39.3 Å². The molecule has 0 saturated carbocycles. The molecule has 4 N–H and O–H groups in total. The number of aromatic amines is 1. The molecule has 1 aliphatic heterocycles. The number of H-pyrrole nitrogens is 1. The quantitative estimate of drug-likeness (QED) is 0.612. The Morgan fingerprint density at radius 1 is 1.29 bits per heavy atom. The average Bonchev–Trinajstić information content (AvgIpc) is 3.16. The second-order valence-corrected chi connectivity index (χ2v) is 7.06. The first-order chi connectivity index (χ1) is 13.6. The average molecular weight is 377 g/mol. The molecule has 2 unspecified atom stereocenters. The number of nitrogens with two attached hydrogens (primary N) is 1. The monoisotopic (exact) mass is 377 g/mol. The van der Waals surface area contributed by atoms with Crippen molar-refractivity contribution in [1.82, 2.24) is 20.3 Å². The number of ether oxygens (including phenoxy) is 1. The maximum atomic E-state index is 12.3. The summed E-state index contributed by atoms with van der Waals surface area (Å²) in [7, 11) is 0. The number of hydrogen-bond donors (Lipinski definition) is 3. The molecule has 0 aliphatic carbocycles. The molecule has 1 aromatic carbocycles. The van der Waals surface area contributed by atoms with Crippen molar-refractivity contribution in [3.63, 3.8) is 0 Å². The number of fused-ring (bicyclic) bond motifs is 1. The molecule has 144 valence electrons. The highest BCUT2D eigenvalue weighted by Crippen LogP contribution is 2.31. The number of nitrogen functional groups attached to an aromatic ring is 1. The zero-order valence-corrected chi connectivity index (χ0v) is 15.7. The van der Waals surface area contributed by atoms with Gasteiger partial charge in [-0.25, -0.2) is 9.97 Å². The van der Waals surface area contributed by atoms with E-state index < -0.39 is 0 Å². The van der Waals surface area contributed by atoms with E-state index in [-0.39, 0.29) is 23.9 Å². The van der Waals surface area contributed by atoms with Crippen LogP contribution < -0.4 is 11.1 Å². The molecule has 2 aromatic heterocycles. The minimum atomic E-state index is -0.0753. The number of nitrogens with zero attached hydrogens (tertiary/aromatic N) is 2. The van der Waals surface area contributed by atoms with Crippen molar-refractivity contribution < 1.29 is 9.53 Å². The predicted molar refractivity (Wildman–Crippen MR) is 107 cm³/mol. The smallest absolute Gasteiger partial charge is 0.253 e. The number of hydrogen-bond acceptors (Lipinski definition) is 5. The van der Waals surface area contributed by atoms with E-state index in [1.807, 2.05) is 24.3 Å². The molecule has 4 rings (SSSR count). The van der Waals surface area contributed by atoms with Crippen molar-refractivity contribution in [3.05, 3.63) is 65.5 Å². The van der Waals surface area contributed by atoms with Gasteiger partial charge < -0.3 is 20.8 Å². The molecule has 7 nitrogen and oxygen atoms in total. The number of rotatable bonds is 6. The topological polar surface area (TPSA) is 106 Å². The fourth-order valence-corrected chi connectivity index (χ4v) is 3.54. The summed E-state index contributed by atoms with van der Waals surface area (Å²) in [5.74, 6) is 0.272. The van der Waals surface area contributed by atoms with Gasteiger partial charge in [0, 0.05) is 24.4 Å². The molecule has 28 heavy (non-hydrogen) atoms. The third-order valence-electron chi connectivity index (χ3n) is 4.95. The van der Waals surface area contributed by atoms with E-state index in [1.165, 1.54) is 0 Å². The summed E-state index contributed by atoms with van der Waals surface area (Å²) in [5, 5.41) is 2.97. The Morgan fingerprint density at radius 2 is 2.11 bits per heavy atom. The highest BCUT2D eigenvalue weighted by atomic mass is 16.5. The molecule has 0 bridgehead atoms. The summed E-state index contributed by atoms with van der Waals surface area (Å²) in [6.45, 7) is 3.22. The van der Waals surface area contributed by atoms with Crippen LogP contribution in [0.2, 0.25) is 0 Å². The molecule has 1 amide bonds. The van der Waals surface area contributed by atoms with Crippen LogP contribution in [0.3, 0.4) is 0 Å². The molecule has 2 atom stereocenters. The molecule has 1 aliphatic rings. The molecule has 0 spiro atoms. The number of carbonyl (C=O) groups excluding carboxylic acids is 1. The lowest BCUT2D eigenvalue weighted by molar-refractivity contribution is 0.0418. The molecule has 3 heterocycles. The van der Waals surface area contributed by atoms with Crippen LogP contribution >= 0.6 is 0 Å². The van der Waals surface area contributed by atoms with Crippen molar-refractivity contribution >= 4 is 11.9 Å². The van der Waals surface area contributed by atoms with Crippen molar-refractivity contribution in [2.75, 3.05) is 12.3 Å². The Labute approximate surface area is 163 Å². The Hall–Kier alpha value is -3.19. The Balaban J connectivity index is 1.49. The number of carbonyl (C=O) groups is 1. The van der Waals surface area contributed by atoms with E-state index in [0.29, 0.717) is 24.4 Å². The van der Waals surface area contributed by atoms with Crippen LogP contribution in [0.5, 0.6) is 0 Å². The first kappa shape index (κ1) is 18.2. The standard InChI is InChI=1S/C21H23N5O2/c1-13(28-12-14-5-3-2-4-6-14)9-15-11-24-20(27)16-10-18(25-19(15)16)17-7-8-23-21(22)26-17/h2-8,10,13,15,25H,9,11-12H2,1H3,(H,24,27)(H2,22,23,26). The van der Waals surface area contributed by atoms with E-state index in [1.54, 1.807) is 12.3 Å². The largest absolute Gasteiger partial charge is 0.374 e. The summed E-state index contributed by atoms with van der Waals surface area (Å²) in [5.41, 5.74) is 9.84. The Kier molecular flexibility index (Phi) is 5.08. The number of anilines is 1. The van der Waals surface area contributed by atoms with Crippen LogP contribution in [0.1, 0.15) is 40.9 Å². The fourth-order valence-electron chi connectivity index (χ4n) is 3.54. The highest BCUT2D eigenvalue weighted by Gasteiger charge is 2.29. The molecule has 0 radical (unpaired) electrons. The normalized spacial score (nSPS) is 17.0. The number of amides is 1. The lowest BCUT2D eigenvalue weighted by Crippen LogP contribution is -2.35. The van der Waals surface area contributed by atoms with E-state index >= 15 is 0 Å². The van der Waals surface area contributed by atoms with E-state index in [9.17, 15) is 4.79 Å². The first-order valence-corrected chi connectivity index (χ1v) is 9.35. The second kappa shape index (κ2) is 7.82. The number of aromatic nitrogens is 3. The Bertz CT molecular complexity index is 970. The molecule has 3 aromatic rings. The fraction of sp³-hybridized carbons (Fsp3) is 0.286. The summed E-state index contributed by atoms with van der Waals surface area (Å²) >= 11 is 0. The lowest BCUT2D eigenvalue weighted by Gasteiger charge is -2.25. The molecular formula is C21H23N5O2. The predicted octanol–water partition coefficient (Wildman–Crippen LogP) is 2.88. The van der Waals surface area contributed by atoms with Gasteiger partial charge in [0.05, 0.1) is 29.7 Å². The number of benzene rings is 1. The first-order valence-electron chi connectivity index (χ1n) is 9.35. The van der Waals surface area contributed by atoms with Crippen LogP contribution in [0.25, 0.3) is 11.4 Å². The lowest BCUT2D eigenvalue weighted by atomic mass is 9.92. The van der Waals surface area contributed by atoms with Crippen LogP contribution in [-0.2, 0) is 11.3 Å². The van der Waals surface area contributed by atoms with E-state index in [4.69, 9.17) is 10.5 Å². The Morgan fingerprint density at radius 3 is 2.89 bits per heavy atom. The summed E-state index contributed by atoms with van der Waals surface area (Å²) < 4.78 is 6.02. The minimum absolute atomic E-state index is 0.0505. The second-order valence-electron chi connectivity index (χ2n) is 7.06. The molecule has 0 fully saturated rings. The molecule has 0 saturated heterocycles. The maximum absolute atomic E-state index is 12.3. The van der Waals surface area contributed by atoms with Gasteiger partial charge >= 0.3 is 0 Å². The minimum Gasteiger partial charge on any atom is -0.374 e. The van der Waals surface area contributed by atoms with Gasteiger partial charge in [0.15, 0.2) is 0 Å². The van der Waals surface area contributed by atoms with Gasteiger partial charge in [0.25, 0.3) is 5.91 Å². The van der Waals surface area contributed by atoms with Gasteiger partial charge in [0.1, 0.15) is 0 Å². The summed E-state index contributed by atoms with van der Waals surface area (Å²) in [6, 6.07) is 13.7. The third kappa shape index (κ3) is 3.89. The van der Waals surface area contributed by atoms with Crippen molar-refractivity contribution in [3.8, 4) is 11.4 Å². The van der Waals surface area contributed by atoms with Crippen LogP contribution in [0, 0.1) is 0 Å². The van der Waals surface area contributed by atoms with Crippen molar-refractivity contribution in [2.45, 2.75) is 32.0 Å². The maximum Gasteiger partial charge on any atom is 0.253 e. The van der Waals surface area contributed by atoms with E-state index in [0.717, 1.165) is 23.4 Å². The summed E-state index contributed by atoms with van der Waals surface area (Å²) in [4.78, 5) is 23.9. The molecular weight excluding hydrogens is 354 g/mol. The van der Waals surface area contributed by atoms with Crippen LogP contribution in [0.15, 0.2) is 48.7 Å². The zero-order chi connectivity index (χ0) is 19.5. The van der Waals surface area contributed by atoms with Crippen molar-refractivity contribution in [2.24, 2.45) is 0 Å². The molecule has 7 heteroatoms. The van der Waals surface area contributed by atoms with Crippen LogP contribution in [0.4, 0.5) is 5.95 Å². The van der Waals surface area contributed by atoms with Gasteiger partial charge in [0.2, 0.25) is 5.95 Å². The van der Waals surface area contributed by atoms with Gasteiger partial charge in [-0.15, -0.1) is 0 Å².